The number of hydrogen-bond acceptors (Lipinski definition) is 4. The van der Waals surface area contributed by atoms with Crippen molar-refractivity contribution in [2.45, 2.75) is 18.4 Å². The van der Waals surface area contributed by atoms with Gasteiger partial charge in [0, 0.05) is 47.7 Å². The minimum absolute atomic E-state index is 0.0268. The smallest absolute Gasteiger partial charge is 0.261 e. The SMILES string of the molecule is Cn1nccc1-c1csc(C(=O)N[C@H]2CNCC[C@@H]2c2ccc(Cl)cc2)c1. The first-order valence-corrected chi connectivity index (χ1v) is 10.2. The van der Waals surface area contributed by atoms with Crippen molar-refractivity contribution >= 4 is 28.8 Å². The van der Waals surface area contributed by atoms with Gasteiger partial charge in [0.25, 0.3) is 5.91 Å². The Labute approximate surface area is 167 Å². The Balaban J connectivity index is 1.50. The second-order valence-corrected chi connectivity index (χ2v) is 8.12. The number of piperidine rings is 1. The van der Waals surface area contributed by atoms with Crippen LogP contribution in [-0.2, 0) is 7.05 Å². The van der Waals surface area contributed by atoms with Gasteiger partial charge in [-0.25, -0.2) is 0 Å². The summed E-state index contributed by atoms with van der Waals surface area (Å²) in [5.41, 5.74) is 3.23. The Kier molecular flexibility index (Phi) is 5.29. The standard InChI is InChI=1S/C20H21ClN4OS/c1-25-18(7-9-23-25)14-10-19(27-12-14)20(26)24-17-11-22-8-6-16(17)13-2-4-15(21)5-3-13/h2-5,7,9-10,12,16-17,22H,6,8,11H2,1H3,(H,24,26)/t16-,17+/m1/s1. The van der Waals surface area contributed by atoms with Crippen LogP contribution in [0.3, 0.4) is 0 Å². The second-order valence-electron chi connectivity index (χ2n) is 6.77. The molecule has 2 aromatic heterocycles. The summed E-state index contributed by atoms with van der Waals surface area (Å²) in [6, 6.07) is 11.9. The Morgan fingerprint density at radius 2 is 2.15 bits per heavy atom. The van der Waals surface area contributed by atoms with Crippen LogP contribution in [0.4, 0.5) is 0 Å². The van der Waals surface area contributed by atoms with Gasteiger partial charge in [0.05, 0.1) is 10.6 Å². The highest BCUT2D eigenvalue weighted by Crippen LogP contribution is 2.28. The molecule has 1 fully saturated rings. The summed E-state index contributed by atoms with van der Waals surface area (Å²) < 4.78 is 1.81. The molecular weight excluding hydrogens is 380 g/mol. The zero-order valence-electron chi connectivity index (χ0n) is 15.0. The van der Waals surface area contributed by atoms with E-state index in [0.717, 1.165) is 35.8 Å². The van der Waals surface area contributed by atoms with Crippen LogP contribution in [0.25, 0.3) is 11.3 Å². The number of hydrogen-bond donors (Lipinski definition) is 2. The Morgan fingerprint density at radius 1 is 1.33 bits per heavy atom. The third-order valence-corrected chi connectivity index (χ3v) is 6.22. The van der Waals surface area contributed by atoms with Gasteiger partial charge in [-0.1, -0.05) is 23.7 Å². The van der Waals surface area contributed by atoms with Crippen LogP contribution in [0.15, 0.2) is 48.0 Å². The molecule has 2 atom stereocenters. The molecule has 5 nitrogen and oxygen atoms in total. The third kappa shape index (κ3) is 3.93. The van der Waals surface area contributed by atoms with E-state index in [-0.39, 0.29) is 17.9 Å². The number of aromatic nitrogens is 2. The summed E-state index contributed by atoms with van der Waals surface area (Å²) in [5.74, 6) is 0.255. The van der Waals surface area contributed by atoms with Crippen molar-refractivity contribution in [3.05, 3.63) is 63.4 Å². The summed E-state index contributed by atoms with van der Waals surface area (Å²) in [6.07, 6.45) is 2.74. The number of carbonyl (C=O) groups excluding carboxylic acids is 1. The maximum atomic E-state index is 12.8. The van der Waals surface area contributed by atoms with Crippen molar-refractivity contribution in [3.8, 4) is 11.3 Å². The molecule has 0 aliphatic carbocycles. The summed E-state index contributed by atoms with van der Waals surface area (Å²) >= 11 is 7.48. The van der Waals surface area contributed by atoms with E-state index >= 15 is 0 Å². The molecule has 1 aliphatic heterocycles. The lowest BCUT2D eigenvalue weighted by Crippen LogP contribution is -2.49. The largest absolute Gasteiger partial charge is 0.347 e. The summed E-state index contributed by atoms with van der Waals surface area (Å²) in [7, 11) is 1.90. The minimum Gasteiger partial charge on any atom is -0.347 e. The lowest BCUT2D eigenvalue weighted by Gasteiger charge is -2.33. The molecule has 140 valence electrons. The Morgan fingerprint density at radius 3 is 2.89 bits per heavy atom. The van der Waals surface area contributed by atoms with E-state index in [4.69, 9.17) is 11.6 Å². The van der Waals surface area contributed by atoms with Crippen LogP contribution >= 0.6 is 22.9 Å². The average molecular weight is 401 g/mol. The van der Waals surface area contributed by atoms with Crippen LogP contribution in [0.2, 0.25) is 5.02 Å². The molecule has 27 heavy (non-hydrogen) atoms. The average Bonchev–Trinajstić information content (AvgIpc) is 3.32. The lowest BCUT2D eigenvalue weighted by molar-refractivity contribution is 0.0928. The number of thiophene rings is 1. The molecule has 0 bridgehead atoms. The van der Waals surface area contributed by atoms with Gasteiger partial charge in [-0.05, 0) is 42.8 Å². The van der Waals surface area contributed by atoms with Gasteiger partial charge in [-0.15, -0.1) is 11.3 Å². The molecule has 1 aliphatic rings. The van der Waals surface area contributed by atoms with Gasteiger partial charge in [-0.3, -0.25) is 9.48 Å². The van der Waals surface area contributed by atoms with E-state index in [1.165, 1.54) is 16.9 Å². The van der Waals surface area contributed by atoms with Gasteiger partial charge < -0.3 is 10.6 Å². The number of nitrogens with zero attached hydrogens (tertiary/aromatic N) is 2. The summed E-state index contributed by atoms with van der Waals surface area (Å²) in [5, 5.41) is 13.5. The van der Waals surface area contributed by atoms with E-state index in [1.54, 1.807) is 6.20 Å². The summed E-state index contributed by atoms with van der Waals surface area (Å²) in [6.45, 7) is 1.71. The van der Waals surface area contributed by atoms with Crippen molar-refractivity contribution in [2.75, 3.05) is 13.1 Å². The molecule has 2 N–H and O–H groups in total. The maximum absolute atomic E-state index is 12.8. The van der Waals surface area contributed by atoms with E-state index < -0.39 is 0 Å². The molecule has 1 saturated heterocycles. The second kappa shape index (κ2) is 7.84. The first-order chi connectivity index (χ1) is 13.1. The first-order valence-electron chi connectivity index (χ1n) is 8.96. The van der Waals surface area contributed by atoms with E-state index in [0.29, 0.717) is 4.88 Å². The number of benzene rings is 1. The zero-order valence-corrected chi connectivity index (χ0v) is 16.6. The van der Waals surface area contributed by atoms with Gasteiger partial charge in [-0.2, -0.15) is 5.10 Å². The predicted molar refractivity (Wildman–Crippen MR) is 109 cm³/mol. The van der Waals surface area contributed by atoms with E-state index in [2.05, 4.69) is 27.9 Å². The van der Waals surface area contributed by atoms with Crippen LogP contribution in [0.5, 0.6) is 0 Å². The normalized spacial score (nSPS) is 19.8. The van der Waals surface area contributed by atoms with Crippen LogP contribution in [0.1, 0.15) is 27.6 Å². The molecule has 3 heterocycles. The highest BCUT2D eigenvalue weighted by Gasteiger charge is 2.28. The maximum Gasteiger partial charge on any atom is 0.261 e. The molecule has 1 aromatic carbocycles. The fourth-order valence-electron chi connectivity index (χ4n) is 3.61. The van der Waals surface area contributed by atoms with Gasteiger partial charge in [0.2, 0.25) is 0 Å². The first kappa shape index (κ1) is 18.2. The monoisotopic (exact) mass is 400 g/mol. The quantitative estimate of drug-likeness (QED) is 0.702. The van der Waals surface area contributed by atoms with Gasteiger partial charge in [0.1, 0.15) is 0 Å². The molecule has 0 radical (unpaired) electrons. The Hall–Kier alpha value is -2.15. The molecule has 1 amide bonds. The van der Waals surface area contributed by atoms with Crippen molar-refractivity contribution in [1.29, 1.82) is 0 Å². The Bertz CT molecular complexity index is 934. The van der Waals surface area contributed by atoms with E-state index in [9.17, 15) is 4.79 Å². The fraction of sp³-hybridized carbons (Fsp3) is 0.300. The van der Waals surface area contributed by atoms with Gasteiger partial charge >= 0.3 is 0 Å². The molecule has 7 heteroatoms. The number of amides is 1. The molecule has 0 saturated carbocycles. The predicted octanol–water partition coefficient (Wildman–Crippen LogP) is 3.68. The molecular formula is C20H21ClN4OS. The summed E-state index contributed by atoms with van der Waals surface area (Å²) in [4.78, 5) is 13.6. The van der Waals surface area contributed by atoms with Crippen LogP contribution in [-0.4, -0.2) is 34.8 Å². The third-order valence-electron chi connectivity index (χ3n) is 5.04. The van der Waals surface area contributed by atoms with Crippen LogP contribution in [0, 0.1) is 0 Å². The zero-order chi connectivity index (χ0) is 18.8. The van der Waals surface area contributed by atoms with Crippen molar-refractivity contribution in [1.82, 2.24) is 20.4 Å². The fourth-order valence-corrected chi connectivity index (χ4v) is 4.54. The number of nitrogens with one attached hydrogen (secondary N) is 2. The molecule has 4 rings (SSSR count). The van der Waals surface area contributed by atoms with Crippen molar-refractivity contribution in [3.63, 3.8) is 0 Å². The van der Waals surface area contributed by atoms with E-state index in [1.807, 2.05) is 41.4 Å². The van der Waals surface area contributed by atoms with Gasteiger partial charge in [0.15, 0.2) is 0 Å². The highest BCUT2D eigenvalue weighted by molar-refractivity contribution is 7.12. The number of halogens is 1. The minimum atomic E-state index is -0.0268. The number of aryl methyl sites for hydroxylation is 1. The highest BCUT2D eigenvalue weighted by atomic mass is 35.5. The van der Waals surface area contributed by atoms with Crippen molar-refractivity contribution in [2.24, 2.45) is 7.05 Å². The number of rotatable bonds is 4. The number of carbonyl (C=O) groups is 1. The van der Waals surface area contributed by atoms with Crippen LogP contribution < -0.4 is 10.6 Å². The molecule has 0 spiro atoms. The molecule has 3 aromatic rings. The molecule has 0 unspecified atom stereocenters. The topological polar surface area (TPSA) is 59.0 Å². The van der Waals surface area contributed by atoms with Crippen molar-refractivity contribution < 1.29 is 4.79 Å². The lowest BCUT2D eigenvalue weighted by atomic mass is 9.86.